The summed E-state index contributed by atoms with van der Waals surface area (Å²) < 4.78 is 5.38. The number of carbonyl (C=O) groups excluding carboxylic acids is 1. The van der Waals surface area contributed by atoms with Gasteiger partial charge in [-0.25, -0.2) is 0 Å². The lowest BCUT2D eigenvalue weighted by molar-refractivity contribution is 0.0782. The second-order valence-electron chi connectivity index (χ2n) is 7.34. The smallest absolute Gasteiger partial charge is 0.275 e. The average molecular weight is 328 g/mol. The van der Waals surface area contributed by atoms with E-state index in [0.29, 0.717) is 11.5 Å². The highest BCUT2D eigenvalue weighted by Gasteiger charge is 2.18. The fourth-order valence-corrected chi connectivity index (χ4v) is 2.54. The molecule has 24 heavy (non-hydrogen) atoms. The highest BCUT2D eigenvalue weighted by molar-refractivity contribution is 5.92. The molecule has 0 atom stereocenters. The summed E-state index contributed by atoms with van der Waals surface area (Å²) in [5.74, 6) is 0.535. The van der Waals surface area contributed by atoms with Gasteiger partial charge in [-0.2, -0.15) is 0 Å². The molecule has 2 rings (SSSR count). The number of rotatable bonds is 6. The predicted molar refractivity (Wildman–Crippen MR) is 97.1 cm³/mol. The lowest BCUT2D eigenvalue weighted by Gasteiger charge is -2.18. The van der Waals surface area contributed by atoms with Gasteiger partial charge in [0.2, 0.25) is 0 Å². The summed E-state index contributed by atoms with van der Waals surface area (Å²) in [6.45, 7) is 9.44. The topological polar surface area (TPSA) is 46.3 Å². The van der Waals surface area contributed by atoms with Crippen LogP contribution in [-0.2, 0) is 5.41 Å². The number of carbonyl (C=O) groups is 1. The van der Waals surface area contributed by atoms with Crippen LogP contribution in [0.2, 0.25) is 0 Å². The van der Waals surface area contributed by atoms with Crippen molar-refractivity contribution < 1.29 is 9.32 Å². The van der Waals surface area contributed by atoms with E-state index >= 15 is 0 Å². The molecule has 0 radical (unpaired) electrons. The van der Waals surface area contributed by atoms with Gasteiger partial charge >= 0.3 is 0 Å². The highest BCUT2D eigenvalue weighted by Crippen LogP contribution is 2.26. The molecule has 0 unspecified atom stereocenters. The van der Waals surface area contributed by atoms with Gasteiger partial charge in [-0.3, -0.25) is 4.79 Å². The maximum atomic E-state index is 12.4. The SMILES string of the molecule is CCCCCN(C)C(=O)c1cc(-c2ccc(C(C)(C)C)cc2)on1. The lowest BCUT2D eigenvalue weighted by atomic mass is 9.86. The minimum Gasteiger partial charge on any atom is -0.355 e. The summed E-state index contributed by atoms with van der Waals surface area (Å²) in [7, 11) is 1.81. The Morgan fingerprint density at radius 3 is 2.42 bits per heavy atom. The standard InChI is InChI=1S/C20H28N2O2/c1-6-7-8-13-22(5)19(23)17-14-18(24-21-17)15-9-11-16(12-10-15)20(2,3)4/h9-12,14H,6-8,13H2,1-5H3. The van der Waals surface area contributed by atoms with Gasteiger partial charge in [0.15, 0.2) is 11.5 Å². The van der Waals surface area contributed by atoms with Crippen molar-refractivity contribution in [2.45, 2.75) is 52.4 Å². The molecule has 0 saturated heterocycles. The van der Waals surface area contributed by atoms with Crippen molar-refractivity contribution >= 4 is 5.91 Å². The van der Waals surface area contributed by atoms with E-state index in [-0.39, 0.29) is 11.3 Å². The van der Waals surface area contributed by atoms with E-state index in [0.717, 1.165) is 31.4 Å². The van der Waals surface area contributed by atoms with E-state index in [4.69, 9.17) is 4.52 Å². The Morgan fingerprint density at radius 2 is 1.83 bits per heavy atom. The van der Waals surface area contributed by atoms with Gasteiger partial charge in [-0.1, -0.05) is 70.0 Å². The summed E-state index contributed by atoms with van der Waals surface area (Å²) in [4.78, 5) is 14.1. The molecular formula is C20H28N2O2. The summed E-state index contributed by atoms with van der Waals surface area (Å²) >= 11 is 0. The molecule has 1 amide bonds. The number of nitrogens with zero attached hydrogens (tertiary/aromatic N) is 2. The van der Waals surface area contributed by atoms with Crippen LogP contribution in [0.3, 0.4) is 0 Å². The van der Waals surface area contributed by atoms with Crippen LogP contribution in [0.15, 0.2) is 34.9 Å². The van der Waals surface area contributed by atoms with Gasteiger partial charge in [-0.05, 0) is 17.4 Å². The molecule has 2 aromatic rings. The van der Waals surface area contributed by atoms with Crippen LogP contribution in [0.5, 0.6) is 0 Å². The highest BCUT2D eigenvalue weighted by atomic mass is 16.5. The van der Waals surface area contributed by atoms with Crippen molar-refractivity contribution in [3.8, 4) is 11.3 Å². The van der Waals surface area contributed by atoms with Gasteiger partial charge in [0, 0.05) is 25.2 Å². The largest absolute Gasteiger partial charge is 0.355 e. The molecule has 4 nitrogen and oxygen atoms in total. The van der Waals surface area contributed by atoms with E-state index < -0.39 is 0 Å². The van der Waals surface area contributed by atoms with Crippen molar-refractivity contribution in [3.05, 3.63) is 41.6 Å². The van der Waals surface area contributed by atoms with Gasteiger partial charge < -0.3 is 9.42 Å². The molecule has 0 saturated carbocycles. The molecule has 4 heteroatoms. The van der Waals surface area contributed by atoms with Gasteiger partial charge in [0.05, 0.1) is 0 Å². The maximum Gasteiger partial charge on any atom is 0.275 e. The molecule has 0 N–H and O–H groups in total. The normalized spacial score (nSPS) is 11.5. The van der Waals surface area contributed by atoms with Crippen molar-refractivity contribution in [2.24, 2.45) is 0 Å². The number of hydrogen-bond donors (Lipinski definition) is 0. The van der Waals surface area contributed by atoms with Gasteiger partial charge in [-0.15, -0.1) is 0 Å². The molecule has 1 aromatic heterocycles. The fraction of sp³-hybridized carbons (Fsp3) is 0.500. The molecule has 0 aliphatic carbocycles. The Bertz CT molecular complexity index is 666. The van der Waals surface area contributed by atoms with Crippen molar-refractivity contribution in [3.63, 3.8) is 0 Å². The van der Waals surface area contributed by atoms with Crippen molar-refractivity contribution in [2.75, 3.05) is 13.6 Å². The predicted octanol–water partition coefficient (Wildman–Crippen LogP) is 4.90. The van der Waals surface area contributed by atoms with Crippen LogP contribution in [0.1, 0.15) is 63.0 Å². The zero-order chi connectivity index (χ0) is 17.7. The second-order valence-corrected chi connectivity index (χ2v) is 7.34. The van der Waals surface area contributed by atoms with Crippen LogP contribution in [0.25, 0.3) is 11.3 Å². The number of unbranched alkanes of at least 4 members (excludes halogenated alkanes) is 2. The monoisotopic (exact) mass is 328 g/mol. The zero-order valence-electron chi connectivity index (χ0n) is 15.4. The van der Waals surface area contributed by atoms with E-state index in [9.17, 15) is 4.79 Å². The minimum absolute atomic E-state index is 0.0904. The fourth-order valence-electron chi connectivity index (χ4n) is 2.54. The van der Waals surface area contributed by atoms with Crippen LogP contribution < -0.4 is 0 Å². The molecule has 1 heterocycles. The second kappa shape index (κ2) is 7.65. The molecule has 130 valence electrons. The molecule has 0 spiro atoms. The van der Waals surface area contributed by atoms with Crippen molar-refractivity contribution in [1.82, 2.24) is 10.1 Å². The van der Waals surface area contributed by atoms with Crippen molar-refractivity contribution in [1.29, 1.82) is 0 Å². The lowest BCUT2D eigenvalue weighted by Crippen LogP contribution is -2.27. The first-order valence-corrected chi connectivity index (χ1v) is 8.66. The Hall–Kier alpha value is -2.10. The zero-order valence-corrected chi connectivity index (χ0v) is 15.4. The number of hydrogen-bond acceptors (Lipinski definition) is 3. The van der Waals surface area contributed by atoms with Crippen LogP contribution in [0, 0.1) is 0 Å². The molecule has 0 fully saturated rings. The van der Waals surface area contributed by atoms with Crippen LogP contribution >= 0.6 is 0 Å². The number of benzene rings is 1. The summed E-state index contributed by atoms with van der Waals surface area (Å²) in [5.41, 5.74) is 2.67. The first-order valence-electron chi connectivity index (χ1n) is 8.66. The van der Waals surface area contributed by atoms with E-state index in [1.54, 1.807) is 11.0 Å². The Labute approximate surface area is 144 Å². The molecule has 0 aliphatic heterocycles. The summed E-state index contributed by atoms with van der Waals surface area (Å²) in [6.07, 6.45) is 3.28. The van der Waals surface area contributed by atoms with E-state index in [1.807, 2.05) is 19.2 Å². The van der Waals surface area contributed by atoms with Gasteiger partial charge in [0.1, 0.15) is 0 Å². The Kier molecular flexibility index (Phi) is 5.81. The minimum atomic E-state index is -0.0904. The third kappa shape index (κ3) is 4.47. The first kappa shape index (κ1) is 18.2. The number of aromatic nitrogens is 1. The van der Waals surface area contributed by atoms with Gasteiger partial charge in [0.25, 0.3) is 5.91 Å². The maximum absolute atomic E-state index is 12.4. The summed E-state index contributed by atoms with van der Waals surface area (Å²) in [5, 5.41) is 3.95. The summed E-state index contributed by atoms with van der Waals surface area (Å²) in [6, 6.07) is 9.94. The third-order valence-corrected chi connectivity index (χ3v) is 4.21. The molecule has 1 aromatic carbocycles. The quantitative estimate of drug-likeness (QED) is 0.708. The molecule has 0 aliphatic rings. The van der Waals surface area contributed by atoms with Crippen LogP contribution in [0.4, 0.5) is 0 Å². The number of amides is 1. The molecule has 0 bridgehead atoms. The Balaban J connectivity index is 2.08. The Morgan fingerprint density at radius 1 is 1.17 bits per heavy atom. The first-order chi connectivity index (χ1) is 11.3. The average Bonchev–Trinajstić information content (AvgIpc) is 3.03. The third-order valence-electron chi connectivity index (χ3n) is 4.21. The van der Waals surface area contributed by atoms with E-state index in [1.165, 1.54) is 5.56 Å². The van der Waals surface area contributed by atoms with Crippen LogP contribution in [-0.4, -0.2) is 29.6 Å². The molecular weight excluding hydrogens is 300 g/mol. The van der Waals surface area contributed by atoms with E-state index in [2.05, 4.69) is 45.0 Å².